The van der Waals surface area contributed by atoms with E-state index in [9.17, 15) is 24.6 Å². The van der Waals surface area contributed by atoms with E-state index in [4.69, 9.17) is 4.74 Å². The van der Waals surface area contributed by atoms with Crippen molar-refractivity contribution in [1.82, 2.24) is 10.2 Å². The quantitative estimate of drug-likeness (QED) is 0.666. The number of aliphatic hydroxyl groups is 1. The maximum Gasteiger partial charge on any atom is 0.408 e. The van der Waals surface area contributed by atoms with Crippen LogP contribution in [0.25, 0.3) is 0 Å². The Balaban J connectivity index is 2.20. The molecule has 4 atom stereocenters. The Hall–Kier alpha value is -2.61. The molecule has 0 aliphatic carbocycles. The van der Waals surface area contributed by atoms with E-state index < -0.39 is 41.8 Å². The third kappa shape index (κ3) is 6.45. The number of carbonyl (C=O) groups excluding carboxylic acids is 2. The van der Waals surface area contributed by atoms with Crippen LogP contribution in [0.15, 0.2) is 30.3 Å². The Labute approximate surface area is 170 Å². The third-order valence-electron chi connectivity index (χ3n) is 4.80. The number of carboxylic acid groups (broad SMARTS) is 1. The van der Waals surface area contributed by atoms with E-state index in [1.54, 1.807) is 20.8 Å². The standard InChI is InChI=1S/C21H30N2O6/c1-13(24)18(22-20(28)29-21(2,3)4)19(27)23-12-15(10-16(23)11-17(25)26)14-8-6-5-7-9-14/h5-9,13,15-16,18,24H,10-12H2,1-4H3,(H,22,28)(H,25,26)/t13?,15-,16+,18?/m0/s1. The first-order valence-electron chi connectivity index (χ1n) is 9.72. The molecule has 0 saturated carbocycles. The molecule has 3 N–H and O–H groups in total. The van der Waals surface area contributed by atoms with Crippen LogP contribution in [0.3, 0.4) is 0 Å². The molecule has 0 spiro atoms. The van der Waals surface area contributed by atoms with Crippen molar-refractivity contribution in [2.75, 3.05) is 6.54 Å². The molecule has 2 amide bonds. The fourth-order valence-electron chi connectivity index (χ4n) is 3.55. The maximum absolute atomic E-state index is 13.2. The van der Waals surface area contributed by atoms with Gasteiger partial charge in [0.15, 0.2) is 0 Å². The lowest BCUT2D eigenvalue weighted by atomic mass is 9.95. The third-order valence-corrected chi connectivity index (χ3v) is 4.80. The van der Waals surface area contributed by atoms with E-state index >= 15 is 0 Å². The Morgan fingerprint density at radius 3 is 2.38 bits per heavy atom. The summed E-state index contributed by atoms with van der Waals surface area (Å²) in [6.07, 6.45) is -1.68. The lowest BCUT2D eigenvalue weighted by Gasteiger charge is -2.30. The highest BCUT2D eigenvalue weighted by Gasteiger charge is 2.41. The molecule has 2 unspecified atom stereocenters. The normalized spacial score (nSPS) is 21.3. The van der Waals surface area contributed by atoms with Crippen molar-refractivity contribution in [3.05, 3.63) is 35.9 Å². The van der Waals surface area contributed by atoms with Gasteiger partial charge in [-0.05, 0) is 39.7 Å². The molecule has 8 heteroatoms. The number of carbonyl (C=O) groups is 3. The first-order valence-corrected chi connectivity index (χ1v) is 9.72. The summed E-state index contributed by atoms with van der Waals surface area (Å²) >= 11 is 0. The summed E-state index contributed by atoms with van der Waals surface area (Å²) in [6, 6.07) is 7.83. The number of nitrogens with zero attached hydrogens (tertiary/aromatic N) is 1. The van der Waals surface area contributed by atoms with Gasteiger partial charge in [0.2, 0.25) is 5.91 Å². The Bertz CT molecular complexity index is 728. The van der Waals surface area contributed by atoms with Crippen molar-refractivity contribution in [3.63, 3.8) is 0 Å². The fourth-order valence-corrected chi connectivity index (χ4v) is 3.55. The van der Waals surface area contributed by atoms with Crippen molar-refractivity contribution in [3.8, 4) is 0 Å². The number of hydrogen-bond acceptors (Lipinski definition) is 5. The molecule has 0 aromatic heterocycles. The molecule has 0 radical (unpaired) electrons. The molecule has 160 valence electrons. The van der Waals surface area contributed by atoms with E-state index in [-0.39, 0.29) is 12.3 Å². The van der Waals surface area contributed by atoms with Crippen molar-refractivity contribution in [2.24, 2.45) is 0 Å². The lowest BCUT2D eigenvalue weighted by molar-refractivity contribution is -0.141. The second-order valence-corrected chi connectivity index (χ2v) is 8.45. The van der Waals surface area contributed by atoms with Crippen LogP contribution in [-0.4, -0.2) is 63.4 Å². The van der Waals surface area contributed by atoms with Gasteiger partial charge in [0.25, 0.3) is 0 Å². The number of amides is 2. The van der Waals surface area contributed by atoms with Crippen molar-refractivity contribution in [1.29, 1.82) is 0 Å². The van der Waals surface area contributed by atoms with E-state index in [1.807, 2.05) is 30.3 Å². The van der Waals surface area contributed by atoms with E-state index in [1.165, 1.54) is 11.8 Å². The van der Waals surface area contributed by atoms with Gasteiger partial charge in [0.05, 0.1) is 12.5 Å². The molecule has 0 bridgehead atoms. The summed E-state index contributed by atoms with van der Waals surface area (Å²) < 4.78 is 5.19. The zero-order valence-electron chi connectivity index (χ0n) is 17.3. The van der Waals surface area contributed by atoms with Gasteiger partial charge in [-0.25, -0.2) is 4.79 Å². The number of aliphatic hydroxyl groups excluding tert-OH is 1. The average molecular weight is 406 g/mol. The van der Waals surface area contributed by atoms with Crippen molar-refractivity contribution >= 4 is 18.0 Å². The van der Waals surface area contributed by atoms with Gasteiger partial charge >= 0.3 is 12.1 Å². The summed E-state index contributed by atoms with van der Waals surface area (Å²) in [5, 5.41) is 21.8. The summed E-state index contributed by atoms with van der Waals surface area (Å²) in [5.41, 5.74) is 0.265. The number of hydrogen-bond donors (Lipinski definition) is 3. The Morgan fingerprint density at radius 2 is 1.86 bits per heavy atom. The number of nitrogens with one attached hydrogen (secondary N) is 1. The average Bonchev–Trinajstić information content (AvgIpc) is 3.01. The summed E-state index contributed by atoms with van der Waals surface area (Å²) in [7, 11) is 0. The molecule has 1 fully saturated rings. The van der Waals surface area contributed by atoms with Crippen LogP contribution in [0, 0.1) is 0 Å². The molecule has 1 aromatic rings. The van der Waals surface area contributed by atoms with Crippen LogP contribution >= 0.6 is 0 Å². The van der Waals surface area contributed by atoms with Gasteiger partial charge in [0, 0.05) is 18.5 Å². The zero-order chi connectivity index (χ0) is 21.8. The molecular formula is C21H30N2O6. The van der Waals surface area contributed by atoms with Crippen LogP contribution in [0.1, 0.15) is 52.0 Å². The minimum atomic E-state index is -1.23. The SMILES string of the molecule is CC(O)C(NC(=O)OC(C)(C)C)C(=O)N1C[C@@H](c2ccccc2)C[C@@H]1CC(=O)O. The van der Waals surface area contributed by atoms with Crippen LogP contribution in [0.4, 0.5) is 4.79 Å². The second kappa shape index (κ2) is 9.26. The number of ether oxygens (including phenoxy) is 1. The first-order chi connectivity index (χ1) is 13.5. The number of likely N-dealkylation sites (tertiary alicyclic amines) is 1. The summed E-state index contributed by atoms with van der Waals surface area (Å²) in [5.74, 6) is -1.54. The first kappa shape index (κ1) is 22.7. The van der Waals surface area contributed by atoms with E-state index in [0.29, 0.717) is 13.0 Å². The molecule has 1 heterocycles. The molecular weight excluding hydrogens is 376 g/mol. The van der Waals surface area contributed by atoms with Crippen LogP contribution < -0.4 is 5.32 Å². The zero-order valence-corrected chi connectivity index (χ0v) is 17.3. The lowest BCUT2D eigenvalue weighted by Crippen LogP contribution is -2.55. The summed E-state index contributed by atoms with van der Waals surface area (Å²) in [4.78, 5) is 38.1. The fraction of sp³-hybridized carbons (Fsp3) is 0.571. The highest BCUT2D eigenvalue weighted by atomic mass is 16.6. The van der Waals surface area contributed by atoms with Crippen molar-refractivity contribution < 1.29 is 29.3 Å². The van der Waals surface area contributed by atoms with E-state index in [2.05, 4.69) is 5.32 Å². The highest BCUT2D eigenvalue weighted by Crippen LogP contribution is 2.33. The second-order valence-electron chi connectivity index (χ2n) is 8.45. The summed E-state index contributed by atoms with van der Waals surface area (Å²) in [6.45, 7) is 6.80. The van der Waals surface area contributed by atoms with Gasteiger partial charge in [0.1, 0.15) is 11.6 Å². The minimum absolute atomic E-state index is 0.0133. The van der Waals surface area contributed by atoms with Crippen LogP contribution in [0.5, 0.6) is 0 Å². The molecule has 1 aromatic carbocycles. The predicted molar refractivity (Wildman–Crippen MR) is 106 cm³/mol. The topological polar surface area (TPSA) is 116 Å². The van der Waals surface area contributed by atoms with E-state index in [0.717, 1.165) is 5.56 Å². The predicted octanol–water partition coefficient (Wildman–Crippen LogP) is 2.12. The number of aliphatic carboxylic acids is 1. The molecule has 1 saturated heterocycles. The Morgan fingerprint density at radius 1 is 1.24 bits per heavy atom. The molecule has 2 rings (SSSR count). The van der Waals surface area contributed by atoms with Crippen LogP contribution in [0.2, 0.25) is 0 Å². The smallest absolute Gasteiger partial charge is 0.408 e. The molecule has 8 nitrogen and oxygen atoms in total. The number of carboxylic acids is 1. The highest BCUT2D eigenvalue weighted by molar-refractivity contribution is 5.87. The van der Waals surface area contributed by atoms with Gasteiger partial charge in [-0.1, -0.05) is 30.3 Å². The Kier molecular flexibility index (Phi) is 7.24. The van der Waals surface area contributed by atoms with Gasteiger partial charge in [-0.15, -0.1) is 0 Å². The number of rotatable bonds is 6. The largest absolute Gasteiger partial charge is 0.481 e. The molecule has 29 heavy (non-hydrogen) atoms. The number of alkyl carbamates (subject to hydrolysis) is 1. The minimum Gasteiger partial charge on any atom is -0.481 e. The maximum atomic E-state index is 13.2. The monoisotopic (exact) mass is 406 g/mol. The van der Waals surface area contributed by atoms with Crippen LogP contribution in [-0.2, 0) is 14.3 Å². The van der Waals surface area contributed by atoms with Crippen molar-refractivity contribution in [2.45, 2.75) is 70.2 Å². The number of benzene rings is 1. The van der Waals surface area contributed by atoms with Gasteiger partial charge in [-0.2, -0.15) is 0 Å². The molecule has 1 aliphatic heterocycles. The van der Waals surface area contributed by atoms with Gasteiger partial charge < -0.3 is 25.2 Å². The van der Waals surface area contributed by atoms with Gasteiger partial charge in [-0.3, -0.25) is 9.59 Å². The molecule has 1 aliphatic rings.